The Kier molecular flexibility index (Phi) is 3.47. The zero-order valence-corrected chi connectivity index (χ0v) is 10.0. The third kappa shape index (κ3) is 2.67. The van der Waals surface area contributed by atoms with Gasteiger partial charge in [-0.3, -0.25) is 4.79 Å². The number of hydrogen-bond acceptors (Lipinski definition) is 3. The molecule has 90 valence electrons. The maximum Gasteiger partial charge on any atom is 0.311 e. The van der Waals surface area contributed by atoms with Gasteiger partial charge in [-0.2, -0.15) is 0 Å². The second kappa shape index (κ2) is 5.04. The van der Waals surface area contributed by atoms with Gasteiger partial charge >= 0.3 is 5.97 Å². The van der Waals surface area contributed by atoms with E-state index in [0.717, 1.165) is 24.2 Å². The Balaban J connectivity index is 2.15. The molecule has 1 aliphatic heterocycles. The molecular formula is C14H17NO2. The zero-order chi connectivity index (χ0) is 12.3. The van der Waals surface area contributed by atoms with Crippen molar-refractivity contribution < 1.29 is 9.53 Å². The summed E-state index contributed by atoms with van der Waals surface area (Å²) in [6, 6.07) is 5.95. The number of nitrogens with one attached hydrogen (secondary N) is 1. The lowest BCUT2D eigenvalue weighted by atomic mass is 9.94. The number of carbonyl (C=O) groups is 1. The Labute approximate surface area is 101 Å². The van der Waals surface area contributed by atoms with Crippen molar-refractivity contribution in [3.8, 4) is 5.75 Å². The molecule has 0 bridgehead atoms. The standard InChI is InChI=1S/C14H17NO2/c1-3-4-7-15-11-5-6-12-10(2)8-14(16)17-13(12)9-11/h3,5-6,9-10,15H,1,4,7-8H2,2H3. The number of carbonyl (C=O) groups excluding carboxylic acids is 1. The van der Waals surface area contributed by atoms with Gasteiger partial charge in [-0.15, -0.1) is 6.58 Å². The highest BCUT2D eigenvalue weighted by Crippen LogP contribution is 2.35. The van der Waals surface area contributed by atoms with Crippen LogP contribution in [0.3, 0.4) is 0 Å². The summed E-state index contributed by atoms with van der Waals surface area (Å²) in [6.45, 7) is 6.56. The lowest BCUT2D eigenvalue weighted by molar-refractivity contribution is -0.135. The van der Waals surface area contributed by atoms with Gasteiger partial charge in [-0.05, 0) is 24.0 Å². The predicted molar refractivity (Wildman–Crippen MR) is 68.4 cm³/mol. The Hall–Kier alpha value is -1.77. The van der Waals surface area contributed by atoms with E-state index < -0.39 is 0 Å². The Morgan fingerprint density at radius 2 is 2.41 bits per heavy atom. The van der Waals surface area contributed by atoms with Gasteiger partial charge in [-0.1, -0.05) is 19.1 Å². The number of fused-ring (bicyclic) bond motifs is 1. The number of ether oxygens (including phenoxy) is 1. The van der Waals surface area contributed by atoms with Crippen molar-refractivity contribution in [1.29, 1.82) is 0 Å². The van der Waals surface area contributed by atoms with Crippen LogP contribution in [0.2, 0.25) is 0 Å². The summed E-state index contributed by atoms with van der Waals surface area (Å²) in [7, 11) is 0. The zero-order valence-electron chi connectivity index (χ0n) is 10.0. The van der Waals surface area contributed by atoms with Gasteiger partial charge in [0.1, 0.15) is 5.75 Å². The topological polar surface area (TPSA) is 38.3 Å². The summed E-state index contributed by atoms with van der Waals surface area (Å²) >= 11 is 0. The van der Waals surface area contributed by atoms with E-state index in [1.54, 1.807) is 0 Å². The highest BCUT2D eigenvalue weighted by molar-refractivity contribution is 5.77. The van der Waals surface area contributed by atoms with Crippen LogP contribution in [0.4, 0.5) is 5.69 Å². The van der Waals surface area contributed by atoms with Gasteiger partial charge in [-0.25, -0.2) is 0 Å². The lowest BCUT2D eigenvalue weighted by Gasteiger charge is -2.22. The van der Waals surface area contributed by atoms with Crippen molar-refractivity contribution in [2.75, 3.05) is 11.9 Å². The van der Waals surface area contributed by atoms with Crippen LogP contribution in [0.1, 0.15) is 31.2 Å². The molecule has 0 fully saturated rings. The summed E-state index contributed by atoms with van der Waals surface area (Å²) in [5, 5.41) is 3.26. The molecule has 2 rings (SSSR count). The van der Waals surface area contributed by atoms with Crippen LogP contribution in [0.15, 0.2) is 30.9 Å². The third-order valence-corrected chi connectivity index (χ3v) is 2.92. The Morgan fingerprint density at radius 3 is 3.18 bits per heavy atom. The van der Waals surface area contributed by atoms with Gasteiger partial charge in [0.2, 0.25) is 0 Å². The second-order valence-corrected chi connectivity index (χ2v) is 4.34. The molecule has 0 saturated carbocycles. The molecule has 0 aliphatic carbocycles. The van der Waals surface area contributed by atoms with Crippen LogP contribution < -0.4 is 10.1 Å². The fourth-order valence-electron chi connectivity index (χ4n) is 1.98. The Bertz CT molecular complexity index is 440. The number of esters is 1. The highest BCUT2D eigenvalue weighted by Gasteiger charge is 2.23. The van der Waals surface area contributed by atoms with Crippen molar-refractivity contribution >= 4 is 11.7 Å². The first-order valence-electron chi connectivity index (χ1n) is 5.90. The van der Waals surface area contributed by atoms with Gasteiger partial charge in [0.05, 0.1) is 6.42 Å². The summed E-state index contributed by atoms with van der Waals surface area (Å²) < 4.78 is 5.25. The molecule has 0 radical (unpaired) electrons. The molecule has 1 N–H and O–H groups in total. The lowest BCUT2D eigenvalue weighted by Crippen LogP contribution is -2.18. The fourth-order valence-corrected chi connectivity index (χ4v) is 1.98. The van der Waals surface area contributed by atoms with E-state index in [4.69, 9.17) is 4.74 Å². The first-order valence-corrected chi connectivity index (χ1v) is 5.90. The Morgan fingerprint density at radius 1 is 1.59 bits per heavy atom. The van der Waals surface area contributed by atoms with Crippen LogP contribution in [-0.2, 0) is 4.79 Å². The molecular weight excluding hydrogens is 214 g/mol. The maximum atomic E-state index is 11.4. The monoisotopic (exact) mass is 231 g/mol. The van der Waals surface area contributed by atoms with Crippen molar-refractivity contribution in [2.24, 2.45) is 0 Å². The minimum atomic E-state index is -0.145. The minimum absolute atomic E-state index is 0.145. The van der Waals surface area contributed by atoms with Gasteiger partial charge in [0.25, 0.3) is 0 Å². The van der Waals surface area contributed by atoms with Crippen LogP contribution in [0.25, 0.3) is 0 Å². The number of anilines is 1. The molecule has 17 heavy (non-hydrogen) atoms. The van der Waals surface area contributed by atoms with E-state index in [1.807, 2.05) is 31.2 Å². The summed E-state index contributed by atoms with van der Waals surface area (Å²) in [4.78, 5) is 11.4. The van der Waals surface area contributed by atoms with Crippen molar-refractivity contribution in [1.82, 2.24) is 0 Å². The molecule has 3 nitrogen and oxygen atoms in total. The molecule has 1 aromatic rings. The highest BCUT2D eigenvalue weighted by atomic mass is 16.5. The van der Waals surface area contributed by atoms with Crippen LogP contribution in [0.5, 0.6) is 5.75 Å². The molecule has 1 aromatic carbocycles. The van der Waals surface area contributed by atoms with Crippen LogP contribution in [0, 0.1) is 0 Å². The number of benzene rings is 1. The van der Waals surface area contributed by atoms with Gasteiger partial charge in [0.15, 0.2) is 0 Å². The number of hydrogen-bond donors (Lipinski definition) is 1. The molecule has 0 saturated heterocycles. The summed E-state index contributed by atoms with van der Waals surface area (Å²) in [6.07, 6.45) is 3.25. The van der Waals surface area contributed by atoms with E-state index in [1.165, 1.54) is 0 Å². The van der Waals surface area contributed by atoms with Crippen LogP contribution in [-0.4, -0.2) is 12.5 Å². The molecule has 0 amide bonds. The van der Waals surface area contributed by atoms with E-state index in [9.17, 15) is 4.79 Å². The van der Waals surface area contributed by atoms with Crippen LogP contribution >= 0.6 is 0 Å². The van der Waals surface area contributed by atoms with Crippen molar-refractivity contribution in [2.45, 2.75) is 25.7 Å². The van der Waals surface area contributed by atoms with E-state index in [0.29, 0.717) is 12.2 Å². The third-order valence-electron chi connectivity index (χ3n) is 2.92. The molecule has 1 unspecified atom stereocenters. The predicted octanol–water partition coefficient (Wildman–Crippen LogP) is 3.09. The second-order valence-electron chi connectivity index (χ2n) is 4.34. The number of rotatable bonds is 4. The minimum Gasteiger partial charge on any atom is -0.426 e. The van der Waals surface area contributed by atoms with E-state index in [-0.39, 0.29) is 11.9 Å². The fraction of sp³-hybridized carbons (Fsp3) is 0.357. The SMILES string of the molecule is C=CCCNc1ccc2c(c1)OC(=O)CC2C. The molecule has 1 atom stereocenters. The average Bonchev–Trinajstić information content (AvgIpc) is 2.28. The van der Waals surface area contributed by atoms with E-state index in [2.05, 4.69) is 11.9 Å². The molecule has 3 heteroatoms. The van der Waals surface area contributed by atoms with E-state index >= 15 is 0 Å². The smallest absolute Gasteiger partial charge is 0.311 e. The summed E-state index contributed by atoms with van der Waals surface area (Å²) in [5.41, 5.74) is 2.09. The molecule has 1 aliphatic rings. The average molecular weight is 231 g/mol. The summed E-state index contributed by atoms with van der Waals surface area (Å²) in [5.74, 6) is 0.791. The quantitative estimate of drug-likeness (QED) is 0.374. The van der Waals surface area contributed by atoms with Crippen molar-refractivity contribution in [3.63, 3.8) is 0 Å². The van der Waals surface area contributed by atoms with Crippen molar-refractivity contribution in [3.05, 3.63) is 36.4 Å². The first-order chi connectivity index (χ1) is 8.20. The normalized spacial score (nSPS) is 18.2. The largest absolute Gasteiger partial charge is 0.426 e. The van der Waals surface area contributed by atoms with Gasteiger partial charge in [0, 0.05) is 18.3 Å². The molecule has 0 spiro atoms. The first kappa shape index (κ1) is 11.7. The molecule has 0 aromatic heterocycles. The maximum absolute atomic E-state index is 11.4. The van der Waals surface area contributed by atoms with Gasteiger partial charge < -0.3 is 10.1 Å². The molecule has 1 heterocycles.